The van der Waals surface area contributed by atoms with Crippen molar-refractivity contribution in [2.24, 2.45) is 0 Å². The van der Waals surface area contributed by atoms with Crippen molar-refractivity contribution in [1.29, 1.82) is 0 Å². The quantitative estimate of drug-likeness (QED) is 0.783. The molecule has 1 aromatic heterocycles. The minimum atomic E-state index is -0.914. The second kappa shape index (κ2) is 6.36. The molecule has 2 atom stereocenters. The van der Waals surface area contributed by atoms with Crippen LogP contribution in [0, 0.1) is 13.8 Å². The first kappa shape index (κ1) is 15.2. The van der Waals surface area contributed by atoms with Crippen LogP contribution in [-0.4, -0.2) is 31.4 Å². The van der Waals surface area contributed by atoms with Gasteiger partial charge in [0.2, 0.25) is 0 Å². The molecule has 0 radical (unpaired) electrons. The van der Waals surface area contributed by atoms with E-state index < -0.39 is 5.60 Å². The number of nitrogens with one attached hydrogen (secondary N) is 1. The summed E-state index contributed by atoms with van der Waals surface area (Å²) in [7, 11) is 1.69. The van der Waals surface area contributed by atoms with E-state index in [4.69, 9.17) is 9.15 Å². The van der Waals surface area contributed by atoms with Gasteiger partial charge in [-0.2, -0.15) is 0 Å². The Hall–Kier alpha value is -0.840. The van der Waals surface area contributed by atoms with Gasteiger partial charge in [-0.25, -0.2) is 0 Å². The van der Waals surface area contributed by atoms with Crippen LogP contribution >= 0.6 is 0 Å². The van der Waals surface area contributed by atoms with Crippen LogP contribution in [0.1, 0.15) is 37.4 Å². The van der Waals surface area contributed by atoms with E-state index in [1.165, 1.54) is 0 Å². The smallest absolute Gasteiger partial charge is 0.107 e. The van der Waals surface area contributed by atoms with Crippen LogP contribution in [0.25, 0.3) is 0 Å². The molecule has 0 bridgehead atoms. The van der Waals surface area contributed by atoms with Gasteiger partial charge in [-0.1, -0.05) is 0 Å². The molecule has 1 heterocycles. The zero-order chi connectivity index (χ0) is 13.8. The number of hydrogen-bond acceptors (Lipinski definition) is 4. The van der Waals surface area contributed by atoms with E-state index in [1.807, 2.05) is 19.9 Å². The molecular weight excluding hydrogens is 230 g/mol. The molecule has 2 unspecified atom stereocenters. The molecule has 0 saturated carbocycles. The second-order valence-electron chi connectivity index (χ2n) is 5.16. The highest BCUT2D eigenvalue weighted by Crippen LogP contribution is 2.26. The highest BCUT2D eigenvalue weighted by atomic mass is 16.5. The molecule has 0 amide bonds. The predicted octanol–water partition coefficient (Wildman–Crippen LogP) is 2.12. The van der Waals surface area contributed by atoms with Gasteiger partial charge in [-0.3, -0.25) is 0 Å². The monoisotopic (exact) mass is 255 g/mol. The third kappa shape index (κ3) is 4.12. The molecule has 0 aliphatic heterocycles. The lowest BCUT2D eigenvalue weighted by Gasteiger charge is -2.25. The summed E-state index contributed by atoms with van der Waals surface area (Å²) in [6.07, 6.45) is 0.927. The highest BCUT2D eigenvalue weighted by Gasteiger charge is 2.27. The van der Waals surface area contributed by atoms with Crippen LogP contribution in [0.15, 0.2) is 10.5 Å². The van der Waals surface area contributed by atoms with Gasteiger partial charge in [0.25, 0.3) is 0 Å². The number of aliphatic hydroxyl groups is 1. The number of furan rings is 1. The molecule has 0 aliphatic carbocycles. The van der Waals surface area contributed by atoms with Gasteiger partial charge in [0, 0.05) is 31.9 Å². The molecule has 4 nitrogen and oxygen atoms in total. The van der Waals surface area contributed by atoms with Crippen molar-refractivity contribution in [2.75, 3.05) is 20.3 Å². The minimum Gasteiger partial charge on any atom is -0.466 e. The van der Waals surface area contributed by atoms with E-state index in [9.17, 15) is 5.11 Å². The summed E-state index contributed by atoms with van der Waals surface area (Å²) in [4.78, 5) is 0. The van der Waals surface area contributed by atoms with Gasteiger partial charge < -0.3 is 19.6 Å². The number of methoxy groups -OCH3 is 1. The molecule has 0 fully saturated rings. The van der Waals surface area contributed by atoms with Crippen LogP contribution in [-0.2, 0) is 10.3 Å². The fraction of sp³-hybridized carbons (Fsp3) is 0.714. The number of hydrogen-bond donors (Lipinski definition) is 2. The fourth-order valence-corrected chi connectivity index (χ4v) is 2.03. The van der Waals surface area contributed by atoms with Gasteiger partial charge in [0.1, 0.15) is 17.1 Å². The zero-order valence-corrected chi connectivity index (χ0v) is 12.0. The van der Waals surface area contributed by atoms with Crippen molar-refractivity contribution < 1.29 is 14.3 Å². The zero-order valence-electron chi connectivity index (χ0n) is 12.0. The Balaban J connectivity index is 2.56. The predicted molar refractivity (Wildman–Crippen MR) is 71.7 cm³/mol. The average Bonchev–Trinajstić information content (AvgIpc) is 2.64. The van der Waals surface area contributed by atoms with E-state index in [-0.39, 0.29) is 0 Å². The van der Waals surface area contributed by atoms with Gasteiger partial charge in [0.15, 0.2) is 0 Å². The first-order valence-corrected chi connectivity index (χ1v) is 6.39. The standard InChI is InChI=1S/C14H25NO3/c1-10(6-7-17-5)15-9-14(4,16)13-8-11(2)18-12(13)3/h8,10,15-16H,6-7,9H2,1-5H3. The Morgan fingerprint density at radius 3 is 2.67 bits per heavy atom. The molecule has 1 rings (SSSR count). The van der Waals surface area contributed by atoms with Crippen LogP contribution in [0.3, 0.4) is 0 Å². The summed E-state index contributed by atoms with van der Waals surface area (Å²) >= 11 is 0. The summed E-state index contributed by atoms with van der Waals surface area (Å²) in [6.45, 7) is 8.88. The largest absolute Gasteiger partial charge is 0.466 e. The Morgan fingerprint density at radius 2 is 2.17 bits per heavy atom. The van der Waals surface area contributed by atoms with Crippen LogP contribution in [0.2, 0.25) is 0 Å². The summed E-state index contributed by atoms with van der Waals surface area (Å²) < 4.78 is 10.5. The molecule has 1 aromatic rings. The molecule has 0 aliphatic rings. The van der Waals surface area contributed by atoms with Gasteiger partial charge >= 0.3 is 0 Å². The Bertz CT molecular complexity index is 371. The molecule has 2 N–H and O–H groups in total. The minimum absolute atomic E-state index is 0.310. The second-order valence-corrected chi connectivity index (χ2v) is 5.16. The van der Waals surface area contributed by atoms with Crippen molar-refractivity contribution in [3.8, 4) is 0 Å². The molecule has 4 heteroatoms. The van der Waals surface area contributed by atoms with Gasteiger partial charge in [-0.15, -0.1) is 0 Å². The van der Waals surface area contributed by atoms with Crippen LogP contribution < -0.4 is 5.32 Å². The first-order valence-electron chi connectivity index (χ1n) is 6.39. The lowest BCUT2D eigenvalue weighted by molar-refractivity contribution is 0.0514. The maximum absolute atomic E-state index is 10.5. The Morgan fingerprint density at radius 1 is 1.50 bits per heavy atom. The third-order valence-corrected chi connectivity index (χ3v) is 3.17. The van der Waals surface area contributed by atoms with Crippen LogP contribution in [0.5, 0.6) is 0 Å². The lowest BCUT2D eigenvalue weighted by atomic mass is 9.96. The Kier molecular flexibility index (Phi) is 5.38. The highest BCUT2D eigenvalue weighted by molar-refractivity contribution is 5.26. The number of ether oxygens (including phenoxy) is 1. The van der Waals surface area contributed by atoms with Gasteiger partial charge in [-0.05, 0) is 40.2 Å². The molecule has 0 spiro atoms. The van der Waals surface area contributed by atoms with E-state index in [0.717, 1.165) is 30.1 Å². The topological polar surface area (TPSA) is 54.6 Å². The fourth-order valence-electron chi connectivity index (χ4n) is 2.03. The number of aryl methyl sites for hydroxylation is 2. The normalized spacial score (nSPS) is 16.6. The summed E-state index contributed by atoms with van der Waals surface area (Å²) in [6, 6.07) is 2.21. The molecule has 18 heavy (non-hydrogen) atoms. The Labute approximate surface area is 109 Å². The molecule has 104 valence electrons. The molecule has 0 saturated heterocycles. The van der Waals surface area contributed by atoms with Crippen molar-refractivity contribution in [3.05, 3.63) is 23.2 Å². The van der Waals surface area contributed by atoms with Crippen molar-refractivity contribution >= 4 is 0 Å². The summed E-state index contributed by atoms with van der Waals surface area (Å²) in [5.41, 5.74) is -0.0603. The van der Waals surface area contributed by atoms with E-state index in [1.54, 1.807) is 14.0 Å². The summed E-state index contributed by atoms with van der Waals surface area (Å²) in [5.74, 6) is 1.61. The maximum Gasteiger partial charge on any atom is 0.107 e. The average molecular weight is 255 g/mol. The molecular formula is C14H25NO3. The van der Waals surface area contributed by atoms with Crippen molar-refractivity contribution in [1.82, 2.24) is 5.32 Å². The van der Waals surface area contributed by atoms with E-state index in [2.05, 4.69) is 12.2 Å². The van der Waals surface area contributed by atoms with Crippen LogP contribution in [0.4, 0.5) is 0 Å². The maximum atomic E-state index is 10.5. The third-order valence-electron chi connectivity index (χ3n) is 3.17. The van der Waals surface area contributed by atoms with Crippen molar-refractivity contribution in [3.63, 3.8) is 0 Å². The molecule has 0 aromatic carbocycles. The van der Waals surface area contributed by atoms with Gasteiger partial charge in [0.05, 0.1) is 0 Å². The SMILES string of the molecule is COCCC(C)NCC(C)(O)c1cc(C)oc1C. The number of rotatable bonds is 7. The first-order chi connectivity index (χ1) is 8.36. The van der Waals surface area contributed by atoms with E-state index in [0.29, 0.717) is 12.6 Å². The summed E-state index contributed by atoms with van der Waals surface area (Å²) in [5, 5.41) is 13.8. The lowest BCUT2D eigenvalue weighted by Crippen LogP contribution is -2.40. The van der Waals surface area contributed by atoms with E-state index >= 15 is 0 Å². The van der Waals surface area contributed by atoms with Crippen molar-refractivity contribution in [2.45, 2.75) is 45.8 Å².